The average molecular weight is 209 g/mol. The molecular formula is C8H17BrO. The highest BCUT2D eigenvalue weighted by atomic mass is 79.9. The molecule has 0 radical (unpaired) electrons. The van der Waals surface area contributed by atoms with E-state index in [1.807, 2.05) is 6.92 Å². The molecule has 1 nitrogen and oxygen atoms in total. The number of alkyl halides is 1. The van der Waals surface area contributed by atoms with Crippen LogP contribution in [0.25, 0.3) is 0 Å². The number of halogens is 1. The van der Waals surface area contributed by atoms with Gasteiger partial charge in [0.15, 0.2) is 0 Å². The number of hydrogen-bond acceptors (Lipinski definition) is 1. The fraction of sp³-hybridized carbons (Fsp3) is 1.00. The fourth-order valence-corrected chi connectivity index (χ4v) is 1.28. The second kappa shape index (κ2) is 7.55. The molecule has 62 valence electrons. The van der Waals surface area contributed by atoms with Gasteiger partial charge in [0.1, 0.15) is 0 Å². The Balaban J connectivity index is 2.77. The minimum atomic E-state index is -0.107. The molecule has 0 aliphatic heterocycles. The number of aliphatic hydroxyl groups excluding tert-OH is 1. The summed E-state index contributed by atoms with van der Waals surface area (Å²) in [5.74, 6) is 0. The van der Waals surface area contributed by atoms with Gasteiger partial charge in [0.05, 0.1) is 6.10 Å². The molecule has 0 fully saturated rings. The van der Waals surface area contributed by atoms with Crippen molar-refractivity contribution in [2.75, 3.05) is 5.33 Å². The molecule has 0 aromatic heterocycles. The Morgan fingerprint density at radius 2 is 1.80 bits per heavy atom. The first-order valence-electron chi connectivity index (χ1n) is 4.01. The van der Waals surface area contributed by atoms with Gasteiger partial charge in [-0.25, -0.2) is 0 Å². The van der Waals surface area contributed by atoms with Crippen molar-refractivity contribution in [2.45, 2.75) is 45.1 Å². The number of unbranched alkanes of at least 4 members (excludes halogenated alkanes) is 3. The fourth-order valence-electron chi connectivity index (χ4n) is 0.888. The molecule has 0 amide bonds. The summed E-state index contributed by atoms with van der Waals surface area (Å²) < 4.78 is 0. The summed E-state index contributed by atoms with van der Waals surface area (Å²) in [6.45, 7) is 1.85. The molecule has 0 aliphatic carbocycles. The molecule has 0 aliphatic rings. The largest absolute Gasteiger partial charge is 0.393 e. The van der Waals surface area contributed by atoms with Crippen LogP contribution in [-0.4, -0.2) is 16.5 Å². The molecular weight excluding hydrogens is 192 g/mol. The number of aliphatic hydroxyl groups is 1. The molecule has 0 spiro atoms. The van der Waals surface area contributed by atoms with Gasteiger partial charge in [-0.05, 0) is 19.8 Å². The minimum absolute atomic E-state index is 0.107. The van der Waals surface area contributed by atoms with Crippen LogP contribution in [-0.2, 0) is 0 Å². The van der Waals surface area contributed by atoms with Gasteiger partial charge in [-0.1, -0.05) is 35.2 Å². The van der Waals surface area contributed by atoms with Crippen LogP contribution in [0.15, 0.2) is 0 Å². The van der Waals surface area contributed by atoms with Crippen LogP contribution in [0.1, 0.15) is 39.0 Å². The maximum absolute atomic E-state index is 8.90. The van der Waals surface area contributed by atoms with E-state index in [4.69, 9.17) is 5.11 Å². The van der Waals surface area contributed by atoms with Crippen LogP contribution in [0, 0.1) is 0 Å². The van der Waals surface area contributed by atoms with Gasteiger partial charge in [0.25, 0.3) is 0 Å². The Bertz CT molecular complexity index is 64.3. The Labute approximate surface area is 72.0 Å². The molecule has 2 heteroatoms. The van der Waals surface area contributed by atoms with Gasteiger partial charge in [0.2, 0.25) is 0 Å². The summed E-state index contributed by atoms with van der Waals surface area (Å²) in [4.78, 5) is 0. The summed E-state index contributed by atoms with van der Waals surface area (Å²) in [5, 5.41) is 10.0. The van der Waals surface area contributed by atoms with Crippen LogP contribution in [0.4, 0.5) is 0 Å². The highest BCUT2D eigenvalue weighted by Gasteiger charge is 1.94. The van der Waals surface area contributed by atoms with Crippen molar-refractivity contribution in [2.24, 2.45) is 0 Å². The van der Waals surface area contributed by atoms with Gasteiger partial charge in [0, 0.05) is 5.33 Å². The predicted octanol–water partition coefficient (Wildman–Crippen LogP) is 2.71. The zero-order valence-corrected chi connectivity index (χ0v) is 8.23. The van der Waals surface area contributed by atoms with Crippen molar-refractivity contribution in [3.8, 4) is 0 Å². The van der Waals surface area contributed by atoms with E-state index >= 15 is 0 Å². The first kappa shape index (κ1) is 10.4. The zero-order valence-electron chi connectivity index (χ0n) is 6.65. The van der Waals surface area contributed by atoms with E-state index < -0.39 is 0 Å². The van der Waals surface area contributed by atoms with E-state index in [1.165, 1.54) is 25.7 Å². The van der Waals surface area contributed by atoms with Crippen LogP contribution in [0.5, 0.6) is 0 Å². The van der Waals surface area contributed by atoms with Crippen LogP contribution < -0.4 is 0 Å². The summed E-state index contributed by atoms with van der Waals surface area (Å²) in [6.07, 6.45) is 5.84. The average Bonchev–Trinajstić information content (AvgIpc) is 1.87. The number of hydrogen-bond donors (Lipinski definition) is 1. The van der Waals surface area contributed by atoms with Gasteiger partial charge in [-0.15, -0.1) is 0 Å². The first-order valence-corrected chi connectivity index (χ1v) is 5.13. The standard InChI is InChI=1S/C8H17BrO/c1-8(10)6-4-2-3-5-7-9/h8,10H,2-7H2,1H3/t8-/m0/s1. The second-order valence-electron chi connectivity index (χ2n) is 2.74. The smallest absolute Gasteiger partial charge is 0.0512 e. The number of rotatable bonds is 6. The molecule has 1 N–H and O–H groups in total. The normalized spacial score (nSPS) is 13.5. The third-order valence-corrected chi connectivity index (χ3v) is 2.07. The van der Waals surface area contributed by atoms with Crippen LogP contribution >= 0.6 is 15.9 Å². The molecule has 0 aromatic carbocycles. The lowest BCUT2D eigenvalue weighted by molar-refractivity contribution is 0.180. The third-order valence-electron chi connectivity index (χ3n) is 1.51. The minimum Gasteiger partial charge on any atom is -0.393 e. The first-order chi connectivity index (χ1) is 4.77. The van der Waals surface area contributed by atoms with E-state index in [1.54, 1.807) is 0 Å². The Morgan fingerprint density at radius 3 is 2.30 bits per heavy atom. The highest BCUT2D eigenvalue weighted by Crippen LogP contribution is 2.06. The zero-order chi connectivity index (χ0) is 7.82. The molecule has 0 heterocycles. The molecule has 0 saturated carbocycles. The van der Waals surface area contributed by atoms with E-state index in [0.717, 1.165) is 11.8 Å². The maximum Gasteiger partial charge on any atom is 0.0512 e. The lowest BCUT2D eigenvalue weighted by Crippen LogP contribution is -1.98. The lowest BCUT2D eigenvalue weighted by Gasteiger charge is -2.01. The molecule has 0 unspecified atom stereocenters. The molecule has 0 aromatic rings. The van der Waals surface area contributed by atoms with Crippen LogP contribution in [0.2, 0.25) is 0 Å². The van der Waals surface area contributed by atoms with Gasteiger partial charge in [-0.2, -0.15) is 0 Å². The van der Waals surface area contributed by atoms with E-state index in [2.05, 4.69) is 15.9 Å². The van der Waals surface area contributed by atoms with Crippen molar-refractivity contribution in [1.82, 2.24) is 0 Å². The molecule has 10 heavy (non-hydrogen) atoms. The Kier molecular flexibility index (Phi) is 7.88. The quantitative estimate of drug-likeness (QED) is 0.526. The SMILES string of the molecule is C[C@H](O)CCCCCCBr. The van der Waals surface area contributed by atoms with Crippen molar-refractivity contribution >= 4 is 15.9 Å². The Hall–Kier alpha value is 0.440. The van der Waals surface area contributed by atoms with Crippen molar-refractivity contribution < 1.29 is 5.11 Å². The summed E-state index contributed by atoms with van der Waals surface area (Å²) >= 11 is 3.38. The highest BCUT2D eigenvalue weighted by molar-refractivity contribution is 9.09. The monoisotopic (exact) mass is 208 g/mol. The maximum atomic E-state index is 8.90. The molecule has 0 saturated heterocycles. The summed E-state index contributed by atoms with van der Waals surface area (Å²) in [5.41, 5.74) is 0. The molecule has 1 atom stereocenters. The van der Waals surface area contributed by atoms with E-state index in [0.29, 0.717) is 0 Å². The van der Waals surface area contributed by atoms with Gasteiger partial charge >= 0.3 is 0 Å². The predicted molar refractivity (Wildman–Crippen MR) is 48.6 cm³/mol. The van der Waals surface area contributed by atoms with Crippen LogP contribution in [0.3, 0.4) is 0 Å². The van der Waals surface area contributed by atoms with Gasteiger partial charge < -0.3 is 5.11 Å². The lowest BCUT2D eigenvalue weighted by atomic mass is 10.1. The van der Waals surface area contributed by atoms with Crippen molar-refractivity contribution in [1.29, 1.82) is 0 Å². The summed E-state index contributed by atoms with van der Waals surface area (Å²) in [6, 6.07) is 0. The van der Waals surface area contributed by atoms with Gasteiger partial charge in [-0.3, -0.25) is 0 Å². The Morgan fingerprint density at radius 1 is 1.20 bits per heavy atom. The molecule has 0 rings (SSSR count). The summed E-state index contributed by atoms with van der Waals surface area (Å²) in [7, 11) is 0. The van der Waals surface area contributed by atoms with Crippen molar-refractivity contribution in [3.63, 3.8) is 0 Å². The molecule has 0 bridgehead atoms. The topological polar surface area (TPSA) is 20.2 Å². The third kappa shape index (κ3) is 8.44. The van der Waals surface area contributed by atoms with E-state index in [-0.39, 0.29) is 6.10 Å². The second-order valence-corrected chi connectivity index (χ2v) is 3.53. The van der Waals surface area contributed by atoms with E-state index in [9.17, 15) is 0 Å². The van der Waals surface area contributed by atoms with Crippen molar-refractivity contribution in [3.05, 3.63) is 0 Å².